The zero-order chi connectivity index (χ0) is 14.1. The maximum atomic E-state index is 11.4. The Kier molecular flexibility index (Phi) is 3.06. The molecule has 4 heteroatoms. The van der Waals surface area contributed by atoms with Gasteiger partial charge in [0.05, 0.1) is 12.1 Å². The summed E-state index contributed by atoms with van der Waals surface area (Å²) in [5, 5.41) is 0.944. The molecule has 0 atom stereocenters. The van der Waals surface area contributed by atoms with E-state index in [0.29, 0.717) is 12.1 Å². The van der Waals surface area contributed by atoms with Crippen molar-refractivity contribution in [3.8, 4) is 0 Å². The predicted octanol–water partition coefficient (Wildman–Crippen LogP) is 3.52. The Morgan fingerprint density at radius 2 is 2.05 bits per heavy atom. The van der Waals surface area contributed by atoms with Gasteiger partial charge in [-0.3, -0.25) is 4.79 Å². The first-order valence-corrected chi connectivity index (χ1v) is 6.51. The normalized spacial score (nSPS) is 10.9. The van der Waals surface area contributed by atoms with Crippen LogP contribution >= 0.6 is 0 Å². The zero-order valence-electron chi connectivity index (χ0n) is 11.5. The largest absolute Gasteiger partial charge is 0.464 e. The summed E-state index contributed by atoms with van der Waals surface area (Å²) >= 11 is 0. The highest BCUT2D eigenvalue weighted by molar-refractivity contribution is 6.03. The number of aromatic amines is 1. The SMILES string of the molecule is Cc1ccc(CN(C)c2[nH]c3ccccc3c2C=O)o1. The molecule has 3 aromatic rings. The Morgan fingerprint density at radius 1 is 1.25 bits per heavy atom. The zero-order valence-corrected chi connectivity index (χ0v) is 11.5. The van der Waals surface area contributed by atoms with Gasteiger partial charge in [0.1, 0.15) is 17.3 Å². The number of para-hydroxylation sites is 1. The van der Waals surface area contributed by atoms with Crippen LogP contribution in [0.5, 0.6) is 0 Å². The summed E-state index contributed by atoms with van der Waals surface area (Å²) in [5.74, 6) is 2.58. The van der Waals surface area contributed by atoms with Crippen molar-refractivity contribution in [3.63, 3.8) is 0 Å². The molecular formula is C16H16N2O2. The van der Waals surface area contributed by atoms with Gasteiger partial charge in [-0.15, -0.1) is 0 Å². The van der Waals surface area contributed by atoms with E-state index in [-0.39, 0.29) is 0 Å². The van der Waals surface area contributed by atoms with Crippen molar-refractivity contribution in [2.45, 2.75) is 13.5 Å². The molecule has 0 amide bonds. The first kappa shape index (κ1) is 12.5. The summed E-state index contributed by atoms with van der Waals surface area (Å²) in [6.07, 6.45) is 0.901. The van der Waals surface area contributed by atoms with Crippen LogP contribution in [0.15, 0.2) is 40.8 Å². The van der Waals surface area contributed by atoms with Crippen LogP contribution in [0.1, 0.15) is 21.9 Å². The first-order chi connectivity index (χ1) is 9.69. The number of carbonyl (C=O) groups excluding carboxylic acids is 1. The van der Waals surface area contributed by atoms with Gasteiger partial charge in [-0.2, -0.15) is 0 Å². The Bertz CT molecular complexity index is 755. The molecule has 3 rings (SSSR count). The van der Waals surface area contributed by atoms with Crippen molar-refractivity contribution in [2.24, 2.45) is 0 Å². The minimum absolute atomic E-state index is 0.613. The number of nitrogens with zero attached hydrogens (tertiary/aromatic N) is 1. The molecule has 0 saturated carbocycles. The van der Waals surface area contributed by atoms with Crippen molar-refractivity contribution >= 4 is 23.0 Å². The number of aldehydes is 1. The minimum atomic E-state index is 0.613. The summed E-state index contributed by atoms with van der Waals surface area (Å²) in [4.78, 5) is 16.7. The molecule has 0 aliphatic rings. The number of H-pyrrole nitrogens is 1. The fraction of sp³-hybridized carbons (Fsp3) is 0.188. The van der Waals surface area contributed by atoms with Gasteiger partial charge in [-0.1, -0.05) is 18.2 Å². The molecule has 0 radical (unpaired) electrons. The monoisotopic (exact) mass is 268 g/mol. The number of benzene rings is 1. The molecule has 2 heterocycles. The Balaban J connectivity index is 1.98. The van der Waals surface area contributed by atoms with Crippen LogP contribution in [-0.2, 0) is 6.54 Å². The summed E-state index contributed by atoms with van der Waals surface area (Å²) in [6.45, 7) is 2.53. The molecule has 4 nitrogen and oxygen atoms in total. The van der Waals surface area contributed by atoms with Gasteiger partial charge in [-0.05, 0) is 25.1 Å². The Morgan fingerprint density at radius 3 is 2.75 bits per heavy atom. The number of furan rings is 1. The van der Waals surface area contributed by atoms with Crippen LogP contribution in [0.3, 0.4) is 0 Å². The molecule has 0 saturated heterocycles. The molecule has 1 N–H and O–H groups in total. The number of nitrogens with one attached hydrogen (secondary N) is 1. The molecule has 102 valence electrons. The fourth-order valence-corrected chi connectivity index (χ4v) is 2.45. The van der Waals surface area contributed by atoms with Crippen LogP contribution in [0.4, 0.5) is 5.82 Å². The molecule has 0 aliphatic carbocycles. The third-order valence-corrected chi connectivity index (χ3v) is 3.41. The van der Waals surface area contributed by atoms with E-state index >= 15 is 0 Å². The maximum Gasteiger partial charge on any atom is 0.154 e. The molecule has 1 aromatic carbocycles. The first-order valence-electron chi connectivity index (χ1n) is 6.51. The van der Waals surface area contributed by atoms with Crippen LogP contribution in [0, 0.1) is 6.92 Å². The van der Waals surface area contributed by atoms with Gasteiger partial charge < -0.3 is 14.3 Å². The lowest BCUT2D eigenvalue weighted by Crippen LogP contribution is -2.17. The van der Waals surface area contributed by atoms with Crippen molar-refractivity contribution in [1.82, 2.24) is 4.98 Å². The lowest BCUT2D eigenvalue weighted by Gasteiger charge is -2.16. The number of fused-ring (bicyclic) bond motifs is 1. The number of hydrogen-bond donors (Lipinski definition) is 1. The fourth-order valence-electron chi connectivity index (χ4n) is 2.45. The van der Waals surface area contributed by atoms with Gasteiger partial charge >= 0.3 is 0 Å². The third-order valence-electron chi connectivity index (χ3n) is 3.41. The van der Waals surface area contributed by atoms with E-state index in [4.69, 9.17) is 4.42 Å². The number of aromatic nitrogens is 1. The second kappa shape index (κ2) is 4.89. The number of aryl methyl sites for hydroxylation is 1. The standard InChI is InChI=1S/C16H16N2O2/c1-11-7-8-12(20-11)9-18(2)16-14(10-19)13-5-3-4-6-15(13)17-16/h3-8,10,17H,9H2,1-2H3. The smallest absolute Gasteiger partial charge is 0.154 e. The minimum Gasteiger partial charge on any atom is -0.464 e. The number of rotatable bonds is 4. The van der Waals surface area contributed by atoms with Crippen LogP contribution in [-0.4, -0.2) is 18.3 Å². The topological polar surface area (TPSA) is 49.2 Å². The van der Waals surface area contributed by atoms with Gasteiger partial charge in [0, 0.05) is 18.0 Å². The summed E-state index contributed by atoms with van der Waals surface area (Å²) in [5.41, 5.74) is 1.65. The highest BCUT2D eigenvalue weighted by Gasteiger charge is 2.15. The second-order valence-electron chi connectivity index (χ2n) is 4.92. The highest BCUT2D eigenvalue weighted by Crippen LogP contribution is 2.27. The lowest BCUT2D eigenvalue weighted by molar-refractivity contribution is 0.112. The Labute approximate surface area is 117 Å². The Hall–Kier alpha value is -2.49. The van der Waals surface area contributed by atoms with Crippen molar-refractivity contribution in [2.75, 3.05) is 11.9 Å². The highest BCUT2D eigenvalue weighted by atomic mass is 16.3. The molecule has 0 spiro atoms. The number of carbonyl (C=O) groups is 1. The van der Waals surface area contributed by atoms with Crippen LogP contribution in [0.25, 0.3) is 10.9 Å². The lowest BCUT2D eigenvalue weighted by atomic mass is 10.2. The maximum absolute atomic E-state index is 11.4. The van der Waals surface area contributed by atoms with Crippen LogP contribution < -0.4 is 4.90 Å². The predicted molar refractivity (Wildman–Crippen MR) is 79.2 cm³/mol. The summed E-state index contributed by atoms with van der Waals surface area (Å²) in [6, 6.07) is 11.7. The molecule has 0 aliphatic heterocycles. The summed E-state index contributed by atoms with van der Waals surface area (Å²) in [7, 11) is 1.94. The van der Waals surface area contributed by atoms with Crippen LogP contribution in [0.2, 0.25) is 0 Å². The van der Waals surface area contributed by atoms with E-state index < -0.39 is 0 Å². The quantitative estimate of drug-likeness (QED) is 0.736. The molecule has 2 aromatic heterocycles. The number of hydrogen-bond acceptors (Lipinski definition) is 3. The molecule has 0 unspecified atom stereocenters. The molecule has 0 fully saturated rings. The van der Waals surface area contributed by atoms with Crippen molar-refractivity contribution in [1.29, 1.82) is 0 Å². The van der Waals surface area contributed by atoms with Gasteiger partial charge in [0.2, 0.25) is 0 Å². The van der Waals surface area contributed by atoms with Gasteiger partial charge in [0.15, 0.2) is 6.29 Å². The van der Waals surface area contributed by atoms with Crippen molar-refractivity contribution < 1.29 is 9.21 Å². The van der Waals surface area contributed by atoms with Gasteiger partial charge in [-0.25, -0.2) is 0 Å². The molecule has 0 bridgehead atoms. The van der Waals surface area contributed by atoms with E-state index in [9.17, 15) is 4.79 Å². The average Bonchev–Trinajstić information content (AvgIpc) is 3.01. The third kappa shape index (κ3) is 2.09. The molecular weight excluding hydrogens is 252 g/mol. The molecule has 20 heavy (non-hydrogen) atoms. The van der Waals surface area contributed by atoms with E-state index in [1.807, 2.05) is 55.3 Å². The average molecular weight is 268 g/mol. The van der Waals surface area contributed by atoms with Gasteiger partial charge in [0.25, 0.3) is 0 Å². The summed E-state index contributed by atoms with van der Waals surface area (Å²) < 4.78 is 5.58. The van der Waals surface area contributed by atoms with E-state index in [2.05, 4.69) is 4.98 Å². The second-order valence-corrected chi connectivity index (χ2v) is 4.92. The number of anilines is 1. The van der Waals surface area contributed by atoms with E-state index in [1.54, 1.807) is 0 Å². The van der Waals surface area contributed by atoms with Crippen molar-refractivity contribution in [3.05, 3.63) is 53.5 Å². The van der Waals surface area contributed by atoms with E-state index in [1.165, 1.54) is 0 Å². The van der Waals surface area contributed by atoms with E-state index in [0.717, 1.165) is 34.5 Å².